The van der Waals surface area contributed by atoms with Crippen LogP contribution in [0.1, 0.15) is 30.4 Å². The van der Waals surface area contributed by atoms with Crippen molar-refractivity contribution in [2.24, 2.45) is 5.41 Å². The maximum Gasteiger partial charge on any atom is 0.399 e. The molecule has 134 valence electrons. The number of hydrogen-bond acceptors (Lipinski definition) is 5. The van der Waals surface area contributed by atoms with Gasteiger partial charge in [0.1, 0.15) is 0 Å². The van der Waals surface area contributed by atoms with E-state index in [9.17, 15) is 18.4 Å². The molecule has 0 amide bonds. The van der Waals surface area contributed by atoms with Crippen molar-refractivity contribution in [2.75, 3.05) is 5.75 Å². The quantitative estimate of drug-likeness (QED) is 0.484. The summed E-state index contributed by atoms with van der Waals surface area (Å²) in [6.07, 6.45) is 1.55. The van der Waals surface area contributed by atoms with Gasteiger partial charge in [-0.25, -0.2) is 0 Å². The highest BCUT2D eigenvalue weighted by Crippen LogP contribution is 2.53. The zero-order valence-corrected chi connectivity index (χ0v) is 15.8. The number of carboxylic acids is 1. The lowest BCUT2D eigenvalue weighted by Crippen LogP contribution is -2.11. The molecule has 0 saturated heterocycles. The number of carbonyl (C=O) groups is 1. The predicted octanol–water partition coefficient (Wildman–Crippen LogP) is 5.43. The third kappa shape index (κ3) is 5.52. The molecule has 0 heterocycles. The summed E-state index contributed by atoms with van der Waals surface area (Å²) in [6, 6.07) is 5.11. The zero-order valence-electron chi connectivity index (χ0n) is 12.5. The van der Waals surface area contributed by atoms with Crippen molar-refractivity contribution in [2.45, 2.75) is 31.2 Å². The maximum atomic E-state index is 12.1. The summed E-state index contributed by atoms with van der Waals surface area (Å²) >= 11 is 4.92. The van der Waals surface area contributed by atoms with E-state index in [0.29, 0.717) is 15.8 Å². The SMILES string of the molecule is O=C(O)CC1(CSCc2ccc(CP(=O)(OF)OF)c(Br)c2)CC1. The molecule has 0 radical (unpaired) electrons. The third-order valence-corrected chi connectivity index (χ3v) is 7.09. The smallest absolute Gasteiger partial charge is 0.399 e. The molecule has 1 aliphatic carbocycles. The summed E-state index contributed by atoms with van der Waals surface area (Å²) in [6.45, 7) is 0. The zero-order chi connectivity index (χ0) is 17.8. The molecule has 1 saturated carbocycles. The average Bonchev–Trinajstić information content (AvgIpc) is 3.28. The van der Waals surface area contributed by atoms with Gasteiger partial charge in [0.05, 0.1) is 12.6 Å². The Labute approximate surface area is 150 Å². The van der Waals surface area contributed by atoms with Gasteiger partial charge in [0.25, 0.3) is 0 Å². The van der Waals surface area contributed by atoms with E-state index >= 15 is 0 Å². The van der Waals surface area contributed by atoms with Gasteiger partial charge in [0, 0.05) is 10.2 Å². The lowest BCUT2D eigenvalue weighted by atomic mass is 10.1. The monoisotopic (exact) mass is 444 g/mol. The van der Waals surface area contributed by atoms with E-state index in [4.69, 9.17) is 5.11 Å². The van der Waals surface area contributed by atoms with Crippen molar-refractivity contribution in [1.82, 2.24) is 0 Å². The molecule has 1 aliphatic rings. The summed E-state index contributed by atoms with van der Waals surface area (Å²) in [5.74, 6) is 0.686. The molecule has 2 rings (SSSR count). The molecular weight excluding hydrogens is 429 g/mol. The lowest BCUT2D eigenvalue weighted by molar-refractivity contribution is -0.138. The molecule has 10 heteroatoms. The van der Waals surface area contributed by atoms with Gasteiger partial charge in [-0.3, -0.25) is 9.36 Å². The minimum Gasteiger partial charge on any atom is -0.481 e. The van der Waals surface area contributed by atoms with E-state index in [0.717, 1.165) is 24.2 Å². The average molecular weight is 445 g/mol. The van der Waals surface area contributed by atoms with Crippen LogP contribution in [0, 0.1) is 5.41 Å². The van der Waals surface area contributed by atoms with Gasteiger partial charge in [-0.15, -0.1) is 9.46 Å². The molecule has 1 fully saturated rings. The summed E-state index contributed by atoms with van der Waals surface area (Å²) in [7, 11) is -4.42. The molecular formula is C14H16BrF2O5PS. The van der Waals surface area contributed by atoms with Gasteiger partial charge in [-0.1, -0.05) is 28.1 Å². The molecule has 0 aromatic heterocycles. The number of halogens is 3. The van der Waals surface area contributed by atoms with Gasteiger partial charge in [-0.05, 0) is 50.3 Å². The highest BCUT2D eigenvalue weighted by atomic mass is 79.9. The van der Waals surface area contributed by atoms with E-state index in [-0.39, 0.29) is 11.8 Å². The van der Waals surface area contributed by atoms with E-state index in [1.54, 1.807) is 30.0 Å². The second-order valence-electron chi connectivity index (χ2n) is 5.90. The Morgan fingerprint density at radius 2 is 2.04 bits per heavy atom. The van der Waals surface area contributed by atoms with Crippen molar-refractivity contribution in [1.29, 1.82) is 0 Å². The van der Waals surface area contributed by atoms with Crippen molar-refractivity contribution < 1.29 is 33.0 Å². The number of hydrogen-bond donors (Lipinski definition) is 1. The van der Waals surface area contributed by atoms with Gasteiger partial charge >= 0.3 is 13.6 Å². The maximum absolute atomic E-state index is 12.1. The van der Waals surface area contributed by atoms with Crippen LogP contribution in [0.5, 0.6) is 0 Å². The van der Waals surface area contributed by atoms with E-state index in [2.05, 4.69) is 25.4 Å². The standard InChI is InChI=1S/C14H16BrF2O5PS/c15-12-5-10(1-2-11(12)7-23(20,21-16)22-17)8-24-9-14(3-4-14)6-13(18)19/h1-2,5H,3-4,6-9H2,(H,18,19). The number of benzene rings is 1. The Hall–Kier alpha value is -0.470. The van der Waals surface area contributed by atoms with Crippen LogP contribution in [0.15, 0.2) is 22.7 Å². The molecule has 0 bridgehead atoms. The van der Waals surface area contributed by atoms with Crippen LogP contribution >= 0.6 is 35.3 Å². The Kier molecular flexibility index (Phi) is 6.84. The first-order valence-corrected chi connectivity index (χ1v) is 10.8. The van der Waals surface area contributed by atoms with Crippen LogP contribution in [0.3, 0.4) is 0 Å². The van der Waals surface area contributed by atoms with Gasteiger partial charge in [0.15, 0.2) is 0 Å². The minimum atomic E-state index is -4.42. The number of rotatable bonds is 10. The van der Waals surface area contributed by atoms with Crippen molar-refractivity contribution in [3.8, 4) is 0 Å². The fourth-order valence-corrected chi connectivity index (χ4v) is 5.27. The second kappa shape index (κ2) is 8.27. The first kappa shape index (κ1) is 19.8. The first-order valence-electron chi connectivity index (χ1n) is 7.08. The molecule has 0 atom stereocenters. The molecule has 1 N–H and O–H groups in total. The molecule has 1 aromatic carbocycles. The number of carboxylic acid groups (broad SMARTS) is 1. The Morgan fingerprint density at radius 3 is 2.54 bits per heavy atom. The first-order chi connectivity index (χ1) is 11.3. The molecule has 0 unspecified atom stereocenters. The molecule has 24 heavy (non-hydrogen) atoms. The fourth-order valence-electron chi connectivity index (χ4n) is 2.33. The highest BCUT2D eigenvalue weighted by molar-refractivity contribution is 9.10. The van der Waals surface area contributed by atoms with Crippen LogP contribution in [-0.4, -0.2) is 16.8 Å². The summed E-state index contributed by atoms with van der Waals surface area (Å²) in [5, 5.41) is 8.89. The van der Waals surface area contributed by atoms with Gasteiger partial charge < -0.3 is 5.11 Å². The summed E-state index contributed by atoms with van der Waals surface area (Å²) < 4.78 is 42.5. The molecule has 0 aliphatic heterocycles. The molecule has 1 aromatic rings. The lowest BCUT2D eigenvalue weighted by Gasteiger charge is -2.13. The van der Waals surface area contributed by atoms with Crippen LogP contribution in [-0.2, 0) is 30.7 Å². The third-order valence-electron chi connectivity index (χ3n) is 3.85. The van der Waals surface area contributed by atoms with Crippen LogP contribution in [0.4, 0.5) is 9.05 Å². The highest BCUT2D eigenvalue weighted by Gasteiger charge is 2.44. The van der Waals surface area contributed by atoms with Crippen LogP contribution < -0.4 is 0 Å². The topological polar surface area (TPSA) is 72.8 Å². The fraction of sp³-hybridized carbons (Fsp3) is 0.500. The summed E-state index contributed by atoms with van der Waals surface area (Å²) in [4.78, 5) is 10.8. The molecule has 0 spiro atoms. The summed E-state index contributed by atoms with van der Waals surface area (Å²) in [5.41, 5.74) is 1.28. The Balaban J connectivity index is 1.90. The van der Waals surface area contributed by atoms with E-state index < -0.39 is 19.7 Å². The number of aliphatic carboxylic acids is 1. The van der Waals surface area contributed by atoms with E-state index in [1.807, 2.05) is 0 Å². The Morgan fingerprint density at radius 1 is 1.38 bits per heavy atom. The van der Waals surface area contributed by atoms with Gasteiger partial charge in [-0.2, -0.15) is 11.8 Å². The minimum absolute atomic E-state index is 0.0722. The predicted molar refractivity (Wildman–Crippen MR) is 89.9 cm³/mol. The second-order valence-corrected chi connectivity index (χ2v) is 9.55. The van der Waals surface area contributed by atoms with Crippen molar-refractivity contribution in [3.63, 3.8) is 0 Å². The van der Waals surface area contributed by atoms with E-state index in [1.165, 1.54) is 0 Å². The van der Waals surface area contributed by atoms with Crippen LogP contribution in [0.25, 0.3) is 0 Å². The van der Waals surface area contributed by atoms with Gasteiger partial charge in [0.2, 0.25) is 0 Å². The molecule has 5 nitrogen and oxygen atoms in total. The van der Waals surface area contributed by atoms with Crippen LogP contribution in [0.2, 0.25) is 0 Å². The largest absolute Gasteiger partial charge is 0.481 e. The van der Waals surface area contributed by atoms with Crippen molar-refractivity contribution in [3.05, 3.63) is 33.8 Å². The van der Waals surface area contributed by atoms with Crippen molar-refractivity contribution >= 4 is 41.3 Å². The number of thioether (sulfide) groups is 1. The Bertz CT molecular complexity index is 648. The normalized spacial score (nSPS) is 16.1.